The number of likely N-dealkylation sites (tertiary alicyclic amines) is 1. The summed E-state index contributed by atoms with van der Waals surface area (Å²) in [4.78, 5) is 7.72. The van der Waals surface area contributed by atoms with Crippen LogP contribution in [0.5, 0.6) is 0 Å². The second kappa shape index (κ2) is 13.8. The van der Waals surface area contributed by atoms with E-state index in [9.17, 15) is 5.11 Å². The van der Waals surface area contributed by atoms with Crippen molar-refractivity contribution < 1.29 is 13.9 Å². The normalized spacial score (nSPS) is 20.8. The number of fused-ring (bicyclic) bond motifs is 1. The van der Waals surface area contributed by atoms with Crippen LogP contribution in [-0.4, -0.2) is 36.7 Å². The molecule has 5 aromatic carbocycles. The monoisotopic (exact) mass is 689 g/mol. The molecular formula is C45H45N2O3Si. The maximum atomic E-state index is 12.6. The fraction of sp³-hybridized carbons (Fsp3) is 0.267. The van der Waals surface area contributed by atoms with Crippen molar-refractivity contribution in [3.8, 4) is 22.6 Å². The topological polar surface area (TPSA) is 58.7 Å². The Kier molecular flexibility index (Phi) is 9.11. The number of benzene rings is 5. The fourth-order valence-electron chi connectivity index (χ4n) is 8.17. The number of rotatable bonds is 8. The molecule has 0 spiro atoms. The van der Waals surface area contributed by atoms with Gasteiger partial charge in [-0.2, -0.15) is 0 Å². The van der Waals surface area contributed by atoms with Crippen molar-refractivity contribution in [2.75, 3.05) is 6.54 Å². The molecule has 6 aromatic rings. The maximum absolute atomic E-state index is 12.6. The molecule has 2 aliphatic rings. The molecule has 1 aliphatic heterocycles. The molecule has 8 rings (SSSR count). The van der Waals surface area contributed by atoms with Gasteiger partial charge in [-0.1, -0.05) is 160 Å². The summed E-state index contributed by atoms with van der Waals surface area (Å²) in [6, 6.07) is 48.1. The highest BCUT2D eigenvalue weighted by Crippen LogP contribution is 2.51. The predicted molar refractivity (Wildman–Crippen MR) is 206 cm³/mol. The standard InChI is InChI=1S/C45H45N2O3Si/c1-44(2,3)37-26-16-27-38-36(37)29-30-40(48)45(38,50-51(34-22-12-6-13-23-34)35-24-14-7-15-25-35)47-31-17-28-39(47)43-46-41(32-18-8-4-9-19-32)42(49-43)33-20-10-5-11-21-33/h4-16,18-27,39-40,48H,17,28-31H2,1-3H3. The second-order valence-corrected chi connectivity index (χ2v) is 16.8. The molecule has 1 saturated heterocycles. The molecule has 2 heterocycles. The van der Waals surface area contributed by atoms with Crippen molar-refractivity contribution in [2.45, 2.75) is 69.7 Å². The zero-order chi connectivity index (χ0) is 35.0. The summed E-state index contributed by atoms with van der Waals surface area (Å²) >= 11 is 0. The number of aliphatic hydroxyl groups is 1. The minimum absolute atomic E-state index is 0.0752. The smallest absolute Gasteiger partial charge is 0.285 e. The van der Waals surface area contributed by atoms with Crippen molar-refractivity contribution >= 4 is 19.4 Å². The molecule has 1 aliphatic carbocycles. The summed E-state index contributed by atoms with van der Waals surface area (Å²) in [6.45, 7) is 7.58. The van der Waals surface area contributed by atoms with Crippen LogP contribution in [0.25, 0.3) is 22.6 Å². The van der Waals surface area contributed by atoms with Crippen LogP contribution >= 0.6 is 0 Å². The maximum Gasteiger partial charge on any atom is 0.285 e. The molecule has 0 bridgehead atoms. The number of hydrogen-bond acceptors (Lipinski definition) is 5. The van der Waals surface area contributed by atoms with Crippen LogP contribution in [-0.2, 0) is 22.0 Å². The highest BCUT2D eigenvalue weighted by atomic mass is 28.3. The molecule has 0 amide bonds. The Labute approximate surface area is 303 Å². The lowest BCUT2D eigenvalue weighted by Gasteiger charge is -2.52. The van der Waals surface area contributed by atoms with Crippen molar-refractivity contribution in [3.63, 3.8) is 0 Å². The Morgan fingerprint density at radius 2 is 1.33 bits per heavy atom. The number of nitrogens with zero attached hydrogens (tertiary/aromatic N) is 2. The van der Waals surface area contributed by atoms with Gasteiger partial charge in [0.2, 0.25) is 5.89 Å². The van der Waals surface area contributed by atoms with Crippen LogP contribution in [0.3, 0.4) is 0 Å². The van der Waals surface area contributed by atoms with E-state index in [-0.39, 0.29) is 11.5 Å². The molecule has 3 unspecified atom stereocenters. The predicted octanol–water partition coefficient (Wildman–Crippen LogP) is 8.43. The van der Waals surface area contributed by atoms with E-state index in [2.05, 4.69) is 129 Å². The van der Waals surface area contributed by atoms with Crippen LogP contribution < -0.4 is 10.4 Å². The zero-order valence-electron chi connectivity index (χ0n) is 29.6. The van der Waals surface area contributed by atoms with Gasteiger partial charge in [0.05, 0.1) is 6.04 Å². The molecule has 5 nitrogen and oxygen atoms in total. The zero-order valence-corrected chi connectivity index (χ0v) is 30.6. The van der Waals surface area contributed by atoms with Gasteiger partial charge in [-0.25, -0.2) is 4.98 Å². The molecule has 257 valence electrons. The minimum Gasteiger partial charge on any atom is -0.438 e. The van der Waals surface area contributed by atoms with Gasteiger partial charge in [0.15, 0.2) is 11.5 Å². The summed E-state index contributed by atoms with van der Waals surface area (Å²) in [6.07, 6.45) is 2.39. The van der Waals surface area contributed by atoms with Crippen molar-refractivity contribution in [1.82, 2.24) is 9.88 Å². The molecule has 51 heavy (non-hydrogen) atoms. The van der Waals surface area contributed by atoms with E-state index < -0.39 is 20.9 Å². The number of aliphatic hydroxyl groups excluding tert-OH is 1. The van der Waals surface area contributed by atoms with E-state index in [0.29, 0.717) is 12.3 Å². The molecule has 1 N–H and O–H groups in total. The van der Waals surface area contributed by atoms with Gasteiger partial charge in [-0.05, 0) is 52.6 Å². The van der Waals surface area contributed by atoms with E-state index >= 15 is 0 Å². The summed E-state index contributed by atoms with van der Waals surface area (Å²) in [7, 11) is -1.86. The van der Waals surface area contributed by atoms with Crippen molar-refractivity contribution in [2.24, 2.45) is 0 Å². The Morgan fingerprint density at radius 1 is 0.745 bits per heavy atom. The van der Waals surface area contributed by atoms with Gasteiger partial charge >= 0.3 is 0 Å². The lowest BCUT2D eigenvalue weighted by molar-refractivity contribution is -0.185. The van der Waals surface area contributed by atoms with Gasteiger partial charge in [-0.3, -0.25) is 4.90 Å². The number of oxazole rings is 1. The SMILES string of the molecule is CC(C)(C)c1cccc2c1CCC(O)C2(O[Si](c1ccccc1)c1ccccc1)N1CCCC1c1nc(-c2ccccc2)c(-c2ccccc2)o1. The Balaban J connectivity index is 1.34. The van der Waals surface area contributed by atoms with Crippen molar-refractivity contribution in [3.05, 3.63) is 162 Å². The molecule has 0 saturated carbocycles. The lowest BCUT2D eigenvalue weighted by Crippen LogP contribution is -2.63. The highest BCUT2D eigenvalue weighted by molar-refractivity contribution is 6.80. The van der Waals surface area contributed by atoms with Crippen LogP contribution in [0.4, 0.5) is 0 Å². The third kappa shape index (κ3) is 6.21. The van der Waals surface area contributed by atoms with Crippen LogP contribution in [0.2, 0.25) is 0 Å². The Hall–Kier alpha value is -4.59. The first-order valence-electron chi connectivity index (χ1n) is 18.2. The third-order valence-corrected chi connectivity index (χ3v) is 12.7. The van der Waals surface area contributed by atoms with Crippen LogP contribution in [0, 0.1) is 0 Å². The number of aromatic nitrogens is 1. The van der Waals surface area contributed by atoms with Gasteiger partial charge < -0.3 is 13.9 Å². The molecule has 3 atom stereocenters. The quantitative estimate of drug-likeness (QED) is 0.163. The third-order valence-electron chi connectivity index (χ3n) is 10.5. The molecular weight excluding hydrogens is 645 g/mol. The minimum atomic E-state index is -1.86. The van der Waals surface area contributed by atoms with E-state index in [1.807, 2.05) is 36.4 Å². The Morgan fingerprint density at radius 3 is 1.94 bits per heavy atom. The second-order valence-electron chi connectivity index (χ2n) is 14.8. The lowest BCUT2D eigenvalue weighted by atomic mass is 9.74. The van der Waals surface area contributed by atoms with Crippen molar-refractivity contribution in [1.29, 1.82) is 0 Å². The molecule has 1 aromatic heterocycles. The van der Waals surface area contributed by atoms with Gasteiger partial charge in [0.1, 0.15) is 11.8 Å². The summed E-state index contributed by atoms with van der Waals surface area (Å²) in [5, 5.41) is 14.9. The highest BCUT2D eigenvalue weighted by Gasteiger charge is 2.56. The van der Waals surface area contributed by atoms with Gasteiger partial charge in [-0.15, -0.1) is 0 Å². The first-order chi connectivity index (χ1) is 24.8. The van der Waals surface area contributed by atoms with E-state index in [1.54, 1.807) is 0 Å². The van der Waals surface area contributed by atoms with E-state index in [4.69, 9.17) is 13.8 Å². The first kappa shape index (κ1) is 33.5. The van der Waals surface area contributed by atoms with Crippen LogP contribution in [0.15, 0.2) is 144 Å². The molecule has 1 fully saturated rings. The van der Waals surface area contributed by atoms with Gasteiger partial charge in [0.25, 0.3) is 9.04 Å². The summed E-state index contributed by atoms with van der Waals surface area (Å²) in [5.41, 5.74) is 5.27. The average Bonchev–Trinajstić information content (AvgIpc) is 3.84. The fourth-order valence-corrected chi connectivity index (χ4v) is 10.4. The van der Waals surface area contributed by atoms with Crippen LogP contribution in [0.1, 0.15) is 68.7 Å². The van der Waals surface area contributed by atoms with E-state index in [0.717, 1.165) is 64.3 Å². The molecule has 1 radical (unpaired) electrons. The number of hydrogen-bond donors (Lipinski definition) is 1. The largest absolute Gasteiger partial charge is 0.438 e. The summed E-state index contributed by atoms with van der Waals surface area (Å²) < 4.78 is 14.7. The van der Waals surface area contributed by atoms with Gasteiger partial charge in [0, 0.05) is 23.2 Å². The average molecular weight is 690 g/mol. The Bertz CT molecular complexity index is 1980. The molecule has 6 heteroatoms. The van der Waals surface area contributed by atoms with E-state index in [1.165, 1.54) is 11.1 Å². The first-order valence-corrected chi connectivity index (χ1v) is 19.6. The summed E-state index contributed by atoms with van der Waals surface area (Å²) in [5.74, 6) is 1.42.